The Labute approximate surface area is 98.1 Å². The van der Waals surface area contributed by atoms with Crippen molar-refractivity contribution in [1.82, 2.24) is 5.32 Å². The lowest BCUT2D eigenvalue weighted by molar-refractivity contribution is 0.0940. The van der Waals surface area contributed by atoms with Crippen molar-refractivity contribution in [3.63, 3.8) is 0 Å². The minimum absolute atomic E-state index is 0.0164. The van der Waals surface area contributed by atoms with E-state index in [4.69, 9.17) is 4.42 Å². The van der Waals surface area contributed by atoms with Crippen molar-refractivity contribution in [2.24, 2.45) is 0 Å². The molecule has 2 aromatic heterocycles. The van der Waals surface area contributed by atoms with Gasteiger partial charge in [0.2, 0.25) is 0 Å². The Bertz CT molecular complexity index is 434. The normalized spacial score (nSPS) is 12.3. The minimum Gasteiger partial charge on any atom is -0.472 e. The zero-order chi connectivity index (χ0) is 11.4. The number of thiophene rings is 1. The number of carbonyl (C=O) groups excluding carboxylic acids is 1. The molecule has 3 nitrogen and oxygen atoms in total. The number of nitrogens with one attached hydrogen (secondary N) is 1. The summed E-state index contributed by atoms with van der Waals surface area (Å²) in [4.78, 5) is 11.7. The number of hydrogen-bond donors (Lipinski definition) is 1. The van der Waals surface area contributed by atoms with Gasteiger partial charge in [-0.2, -0.15) is 11.3 Å². The van der Waals surface area contributed by atoms with Crippen molar-refractivity contribution in [3.05, 3.63) is 46.5 Å². The van der Waals surface area contributed by atoms with Crippen LogP contribution in [0.3, 0.4) is 0 Å². The van der Waals surface area contributed by atoms with Crippen LogP contribution in [-0.2, 0) is 6.42 Å². The Morgan fingerprint density at radius 3 is 3.06 bits per heavy atom. The van der Waals surface area contributed by atoms with Crippen LogP contribution in [0.25, 0.3) is 0 Å². The second-order valence-electron chi connectivity index (χ2n) is 3.72. The van der Waals surface area contributed by atoms with Gasteiger partial charge in [0.25, 0.3) is 5.91 Å². The molecule has 0 saturated carbocycles. The predicted molar refractivity (Wildman–Crippen MR) is 63.7 cm³/mol. The fourth-order valence-corrected chi connectivity index (χ4v) is 2.15. The van der Waals surface area contributed by atoms with Crippen LogP contribution in [0.1, 0.15) is 22.8 Å². The SMILES string of the molecule is CC(Cc1ccoc1)NC(=O)c1ccsc1. The average molecular weight is 235 g/mol. The van der Waals surface area contributed by atoms with Crippen molar-refractivity contribution in [1.29, 1.82) is 0 Å². The van der Waals surface area contributed by atoms with Gasteiger partial charge < -0.3 is 9.73 Å². The molecular formula is C12H13NO2S. The summed E-state index contributed by atoms with van der Waals surface area (Å²) >= 11 is 1.52. The van der Waals surface area contributed by atoms with Gasteiger partial charge in [-0.15, -0.1) is 0 Å². The van der Waals surface area contributed by atoms with Crippen LogP contribution in [0.4, 0.5) is 0 Å². The Morgan fingerprint density at radius 1 is 1.56 bits per heavy atom. The summed E-state index contributed by atoms with van der Waals surface area (Å²) in [5.74, 6) is -0.0164. The third-order valence-electron chi connectivity index (χ3n) is 2.28. The van der Waals surface area contributed by atoms with Crippen LogP contribution in [-0.4, -0.2) is 11.9 Å². The maximum atomic E-state index is 11.7. The predicted octanol–water partition coefficient (Wildman–Crippen LogP) is 2.70. The highest BCUT2D eigenvalue weighted by Crippen LogP contribution is 2.07. The first-order chi connectivity index (χ1) is 7.75. The fraction of sp³-hybridized carbons (Fsp3) is 0.250. The number of furan rings is 1. The van der Waals surface area contributed by atoms with E-state index < -0.39 is 0 Å². The first-order valence-electron chi connectivity index (χ1n) is 5.10. The van der Waals surface area contributed by atoms with Crippen molar-refractivity contribution < 1.29 is 9.21 Å². The number of carbonyl (C=O) groups is 1. The van der Waals surface area contributed by atoms with Crippen molar-refractivity contribution in [2.45, 2.75) is 19.4 Å². The Balaban J connectivity index is 1.88. The molecule has 1 N–H and O–H groups in total. The first kappa shape index (κ1) is 11.0. The van der Waals surface area contributed by atoms with E-state index in [-0.39, 0.29) is 11.9 Å². The van der Waals surface area contributed by atoms with Gasteiger partial charge in [-0.05, 0) is 36.4 Å². The maximum absolute atomic E-state index is 11.7. The van der Waals surface area contributed by atoms with E-state index >= 15 is 0 Å². The van der Waals surface area contributed by atoms with E-state index in [1.165, 1.54) is 11.3 Å². The van der Waals surface area contributed by atoms with Crippen LogP contribution < -0.4 is 5.32 Å². The van der Waals surface area contributed by atoms with E-state index in [0.717, 1.165) is 17.5 Å². The van der Waals surface area contributed by atoms with Crippen molar-refractivity contribution >= 4 is 17.2 Å². The molecule has 0 fully saturated rings. The Hall–Kier alpha value is -1.55. The van der Waals surface area contributed by atoms with Gasteiger partial charge >= 0.3 is 0 Å². The lowest BCUT2D eigenvalue weighted by Gasteiger charge is -2.11. The summed E-state index contributed by atoms with van der Waals surface area (Å²) in [6.45, 7) is 1.98. The van der Waals surface area contributed by atoms with E-state index in [2.05, 4.69) is 5.32 Å². The fourth-order valence-electron chi connectivity index (χ4n) is 1.51. The highest BCUT2D eigenvalue weighted by molar-refractivity contribution is 7.08. The molecule has 16 heavy (non-hydrogen) atoms. The molecule has 2 heterocycles. The van der Waals surface area contributed by atoms with E-state index in [0.29, 0.717) is 0 Å². The minimum atomic E-state index is -0.0164. The molecule has 0 aliphatic rings. The smallest absolute Gasteiger partial charge is 0.252 e. The van der Waals surface area contributed by atoms with Gasteiger partial charge in [0.15, 0.2) is 0 Å². The van der Waals surface area contributed by atoms with Gasteiger partial charge in [-0.25, -0.2) is 0 Å². The van der Waals surface area contributed by atoms with E-state index in [1.807, 2.05) is 29.8 Å². The summed E-state index contributed by atoms with van der Waals surface area (Å²) in [5, 5.41) is 6.69. The molecule has 0 aromatic carbocycles. The van der Waals surface area contributed by atoms with Gasteiger partial charge in [-0.1, -0.05) is 0 Å². The molecule has 0 saturated heterocycles. The molecule has 4 heteroatoms. The van der Waals surface area contributed by atoms with E-state index in [9.17, 15) is 4.79 Å². The monoisotopic (exact) mass is 235 g/mol. The van der Waals surface area contributed by atoms with Crippen molar-refractivity contribution in [2.75, 3.05) is 0 Å². The first-order valence-corrected chi connectivity index (χ1v) is 6.04. The highest BCUT2D eigenvalue weighted by atomic mass is 32.1. The molecule has 1 atom stereocenters. The standard InChI is InChI=1S/C12H13NO2S/c1-9(6-10-2-4-15-7-10)13-12(14)11-3-5-16-8-11/h2-5,7-9H,6H2,1H3,(H,13,14). The Morgan fingerprint density at radius 2 is 2.44 bits per heavy atom. The maximum Gasteiger partial charge on any atom is 0.252 e. The lowest BCUT2D eigenvalue weighted by Crippen LogP contribution is -2.33. The van der Waals surface area contributed by atoms with Gasteiger partial charge in [0.1, 0.15) is 0 Å². The summed E-state index contributed by atoms with van der Waals surface area (Å²) in [6, 6.07) is 3.84. The molecule has 0 spiro atoms. The molecule has 2 aromatic rings. The molecule has 1 unspecified atom stereocenters. The summed E-state index contributed by atoms with van der Waals surface area (Å²) in [6.07, 6.45) is 4.13. The molecule has 0 bridgehead atoms. The second-order valence-corrected chi connectivity index (χ2v) is 4.50. The van der Waals surface area contributed by atoms with Crippen LogP contribution in [0, 0.1) is 0 Å². The summed E-state index contributed by atoms with van der Waals surface area (Å²) < 4.78 is 4.98. The zero-order valence-corrected chi connectivity index (χ0v) is 9.79. The van der Waals surface area contributed by atoms with Gasteiger partial charge in [0.05, 0.1) is 12.5 Å². The number of amides is 1. The molecular weight excluding hydrogens is 222 g/mol. The average Bonchev–Trinajstić information content (AvgIpc) is 2.88. The molecule has 1 amide bonds. The highest BCUT2D eigenvalue weighted by Gasteiger charge is 2.10. The van der Waals surface area contributed by atoms with Gasteiger partial charge in [-0.3, -0.25) is 4.79 Å². The van der Waals surface area contributed by atoms with Crippen LogP contribution in [0.15, 0.2) is 39.8 Å². The van der Waals surface area contributed by atoms with Crippen LogP contribution in [0.5, 0.6) is 0 Å². The summed E-state index contributed by atoms with van der Waals surface area (Å²) in [5.41, 5.74) is 1.82. The topological polar surface area (TPSA) is 42.2 Å². The molecule has 0 radical (unpaired) electrons. The Kier molecular flexibility index (Phi) is 3.41. The van der Waals surface area contributed by atoms with E-state index in [1.54, 1.807) is 12.5 Å². The third-order valence-corrected chi connectivity index (χ3v) is 2.97. The zero-order valence-electron chi connectivity index (χ0n) is 8.97. The number of hydrogen-bond acceptors (Lipinski definition) is 3. The van der Waals surface area contributed by atoms with Gasteiger partial charge in [0, 0.05) is 17.0 Å². The number of rotatable bonds is 4. The largest absolute Gasteiger partial charge is 0.472 e. The molecule has 0 aliphatic heterocycles. The lowest BCUT2D eigenvalue weighted by atomic mass is 10.1. The molecule has 0 aliphatic carbocycles. The van der Waals surface area contributed by atoms with Crippen molar-refractivity contribution in [3.8, 4) is 0 Å². The summed E-state index contributed by atoms with van der Waals surface area (Å²) in [7, 11) is 0. The molecule has 2 rings (SSSR count). The van der Waals surface area contributed by atoms with Crippen LogP contribution >= 0.6 is 11.3 Å². The quantitative estimate of drug-likeness (QED) is 0.885. The second kappa shape index (κ2) is 4.99. The molecule has 84 valence electrons. The third kappa shape index (κ3) is 2.73. The van der Waals surface area contributed by atoms with Crippen LogP contribution in [0.2, 0.25) is 0 Å².